The molecule has 2 aromatic carbocycles. The number of likely N-dealkylation sites (tertiary alicyclic amines) is 1. The summed E-state index contributed by atoms with van der Waals surface area (Å²) in [5.41, 5.74) is 1.72. The van der Waals surface area contributed by atoms with Gasteiger partial charge in [0.1, 0.15) is 23.4 Å². The lowest BCUT2D eigenvalue weighted by Gasteiger charge is -2.27. The van der Waals surface area contributed by atoms with E-state index in [0.29, 0.717) is 18.7 Å². The molecule has 2 aliphatic rings. The topological polar surface area (TPSA) is 74.6 Å². The molecule has 5 rings (SSSR count). The maximum atomic E-state index is 13.2. The van der Waals surface area contributed by atoms with E-state index in [1.165, 1.54) is 0 Å². The standard InChI is InChI=1S/C24H25N3O3/c28-23(25-18-12-13-18)19-10-6-14-27(19)24(29)26-22(16-7-2-1-3-8-16)21-15-17-9-4-5-11-20(17)30-21/h1-5,7-9,11,15,18-19,22H,6,10,12-14H2,(H,25,28)(H,26,29). The Balaban J connectivity index is 1.40. The van der Waals surface area contributed by atoms with Crippen LogP contribution in [-0.2, 0) is 4.79 Å². The van der Waals surface area contributed by atoms with Crippen LogP contribution in [0, 0.1) is 0 Å². The molecule has 3 amide bonds. The fourth-order valence-corrected chi connectivity index (χ4v) is 4.12. The van der Waals surface area contributed by atoms with Crippen molar-refractivity contribution in [3.8, 4) is 0 Å². The predicted octanol–water partition coefficient (Wildman–Crippen LogP) is 3.97. The number of nitrogens with one attached hydrogen (secondary N) is 2. The van der Waals surface area contributed by atoms with E-state index >= 15 is 0 Å². The molecule has 6 nitrogen and oxygen atoms in total. The second kappa shape index (κ2) is 7.86. The largest absolute Gasteiger partial charge is 0.459 e. The lowest BCUT2D eigenvalue weighted by molar-refractivity contribution is -0.124. The van der Waals surface area contributed by atoms with Crippen molar-refractivity contribution in [1.29, 1.82) is 0 Å². The van der Waals surface area contributed by atoms with Crippen LogP contribution >= 0.6 is 0 Å². The smallest absolute Gasteiger partial charge is 0.318 e. The van der Waals surface area contributed by atoms with Crippen LogP contribution < -0.4 is 10.6 Å². The molecular weight excluding hydrogens is 378 g/mol. The van der Waals surface area contributed by atoms with Gasteiger partial charge in [-0.3, -0.25) is 4.79 Å². The molecule has 2 heterocycles. The highest BCUT2D eigenvalue weighted by Crippen LogP contribution is 2.29. The average Bonchev–Trinajstić information content (AvgIpc) is 3.28. The molecule has 154 valence electrons. The molecule has 0 spiro atoms. The van der Waals surface area contributed by atoms with Crippen molar-refractivity contribution in [2.24, 2.45) is 0 Å². The number of urea groups is 1. The summed E-state index contributed by atoms with van der Waals surface area (Å²) < 4.78 is 6.07. The first-order chi connectivity index (χ1) is 14.7. The third-order valence-electron chi connectivity index (χ3n) is 5.87. The molecule has 1 saturated carbocycles. The minimum atomic E-state index is -0.432. The number of nitrogens with zero attached hydrogens (tertiary/aromatic N) is 1. The highest BCUT2D eigenvalue weighted by Gasteiger charge is 2.37. The summed E-state index contributed by atoms with van der Waals surface area (Å²) in [6.45, 7) is 0.580. The molecule has 2 unspecified atom stereocenters. The van der Waals surface area contributed by atoms with Crippen molar-refractivity contribution < 1.29 is 14.0 Å². The Morgan fingerprint density at radius 3 is 2.53 bits per heavy atom. The van der Waals surface area contributed by atoms with Gasteiger partial charge >= 0.3 is 6.03 Å². The van der Waals surface area contributed by atoms with E-state index in [0.717, 1.165) is 35.8 Å². The van der Waals surface area contributed by atoms with Gasteiger partial charge in [0.2, 0.25) is 5.91 Å². The Morgan fingerprint density at radius 1 is 1.00 bits per heavy atom. The Kier molecular flexibility index (Phi) is 4.91. The van der Waals surface area contributed by atoms with Gasteiger partial charge in [-0.15, -0.1) is 0 Å². The van der Waals surface area contributed by atoms with E-state index in [1.807, 2.05) is 60.7 Å². The van der Waals surface area contributed by atoms with Crippen LogP contribution in [0.25, 0.3) is 11.0 Å². The van der Waals surface area contributed by atoms with Gasteiger partial charge in [0.15, 0.2) is 0 Å². The number of carbonyl (C=O) groups is 2. The summed E-state index contributed by atoms with van der Waals surface area (Å²) in [5, 5.41) is 7.15. The van der Waals surface area contributed by atoms with Crippen LogP contribution in [0.5, 0.6) is 0 Å². The fourth-order valence-electron chi connectivity index (χ4n) is 4.12. The lowest BCUT2D eigenvalue weighted by atomic mass is 10.0. The maximum absolute atomic E-state index is 13.2. The first-order valence-electron chi connectivity index (χ1n) is 10.6. The summed E-state index contributed by atoms with van der Waals surface area (Å²) in [4.78, 5) is 27.5. The molecule has 0 bridgehead atoms. The van der Waals surface area contributed by atoms with Crippen molar-refractivity contribution in [2.45, 2.75) is 43.8 Å². The number of rotatable bonds is 5. The molecule has 6 heteroatoms. The number of amides is 3. The van der Waals surface area contributed by atoms with E-state index in [4.69, 9.17) is 4.42 Å². The van der Waals surface area contributed by atoms with Gasteiger partial charge in [0.25, 0.3) is 0 Å². The van der Waals surface area contributed by atoms with E-state index in [2.05, 4.69) is 10.6 Å². The van der Waals surface area contributed by atoms with E-state index < -0.39 is 12.1 Å². The number of carbonyl (C=O) groups excluding carboxylic acids is 2. The summed E-state index contributed by atoms with van der Waals surface area (Å²) in [6, 6.07) is 18.8. The van der Waals surface area contributed by atoms with Crippen molar-refractivity contribution in [1.82, 2.24) is 15.5 Å². The second-order valence-corrected chi connectivity index (χ2v) is 8.11. The Hall–Kier alpha value is -3.28. The third kappa shape index (κ3) is 3.77. The number of hydrogen-bond acceptors (Lipinski definition) is 3. The van der Waals surface area contributed by atoms with Gasteiger partial charge < -0.3 is 20.0 Å². The van der Waals surface area contributed by atoms with Crippen molar-refractivity contribution >= 4 is 22.9 Å². The van der Waals surface area contributed by atoms with E-state index in [1.54, 1.807) is 4.90 Å². The molecule has 1 aliphatic heterocycles. The Bertz CT molecular complexity index is 1020. The van der Waals surface area contributed by atoms with Gasteiger partial charge in [0, 0.05) is 18.0 Å². The zero-order valence-corrected chi connectivity index (χ0v) is 16.7. The quantitative estimate of drug-likeness (QED) is 0.677. The monoisotopic (exact) mass is 403 g/mol. The molecule has 0 radical (unpaired) electrons. The van der Waals surface area contributed by atoms with Crippen molar-refractivity contribution in [3.63, 3.8) is 0 Å². The van der Waals surface area contributed by atoms with Crippen LogP contribution in [0.15, 0.2) is 65.1 Å². The number of para-hydroxylation sites is 1. The minimum absolute atomic E-state index is 0.0369. The average molecular weight is 403 g/mol. The Morgan fingerprint density at radius 2 is 1.77 bits per heavy atom. The zero-order valence-electron chi connectivity index (χ0n) is 16.7. The maximum Gasteiger partial charge on any atom is 0.318 e. The molecule has 30 heavy (non-hydrogen) atoms. The van der Waals surface area contributed by atoms with Crippen LogP contribution in [-0.4, -0.2) is 35.5 Å². The highest BCUT2D eigenvalue weighted by molar-refractivity contribution is 5.88. The summed E-state index contributed by atoms with van der Waals surface area (Å²) in [7, 11) is 0. The number of fused-ring (bicyclic) bond motifs is 1. The van der Waals surface area contributed by atoms with Gasteiger partial charge in [-0.05, 0) is 43.4 Å². The first kappa shape index (κ1) is 18.7. The molecule has 1 aliphatic carbocycles. The second-order valence-electron chi connectivity index (χ2n) is 8.11. The summed E-state index contributed by atoms with van der Waals surface area (Å²) >= 11 is 0. The minimum Gasteiger partial charge on any atom is -0.459 e. The molecule has 2 fully saturated rings. The predicted molar refractivity (Wildman–Crippen MR) is 114 cm³/mol. The third-order valence-corrected chi connectivity index (χ3v) is 5.87. The van der Waals surface area contributed by atoms with Crippen molar-refractivity contribution in [2.75, 3.05) is 6.54 Å². The Labute approximate surface area is 175 Å². The fraction of sp³-hybridized carbons (Fsp3) is 0.333. The van der Waals surface area contributed by atoms with Crippen LogP contribution in [0.2, 0.25) is 0 Å². The summed E-state index contributed by atoms with van der Waals surface area (Å²) in [6.07, 6.45) is 3.60. The normalized spacial score (nSPS) is 19.6. The number of furan rings is 1. The number of benzene rings is 2. The molecule has 1 aromatic heterocycles. The van der Waals surface area contributed by atoms with E-state index in [-0.39, 0.29) is 18.0 Å². The van der Waals surface area contributed by atoms with Gasteiger partial charge in [-0.2, -0.15) is 0 Å². The van der Waals surface area contributed by atoms with Gasteiger partial charge in [-0.1, -0.05) is 48.5 Å². The summed E-state index contributed by atoms with van der Waals surface area (Å²) in [5.74, 6) is 0.638. The molecule has 2 N–H and O–H groups in total. The van der Waals surface area contributed by atoms with Crippen LogP contribution in [0.1, 0.15) is 43.0 Å². The van der Waals surface area contributed by atoms with Crippen LogP contribution in [0.3, 0.4) is 0 Å². The van der Waals surface area contributed by atoms with Gasteiger partial charge in [0.05, 0.1) is 0 Å². The molecular formula is C24H25N3O3. The highest BCUT2D eigenvalue weighted by atomic mass is 16.3. The first-order valence-corrected chi connectivity index (χ1v) is 10.6. The molecule has 3 aromatic rings. The van der Waals surface area contributed by atoms with Crippen molar-refractivity contribution in [3.05, 3.63) is 72.0 Å². The SMILES string of the molecule is O=C(NC1CC1)C1CCCN1C(=O)NC(c1ccccc1)c1cc2ccccc2o1. The lowest BCUT2D eigenvalue weighted by Crippen LogP contribution is -2.50. The number of hydrogen-bond donors (Lipinski definition) is 2. The van der Waals surface area contributed by atoms with Crippen LogP contribution in [0.4, 0.5) is 4.79 Å². The van der Waals surface area contributed by atoms with Gasteiger partial charge in [-0.25, -0.2) is 4.79 Å². The zero-order chi connectivity index (χ0) is 20.5. The molecule has 1 saturated heterocycles. The van der Waals surface area contributed by atoms with E-state index in [9.17, 15) is 9.59 Å². The molecule has 2 atom stereocenters.